The predicted molar refractivity (Wildman–Crippen MR) is 93.2 cm³/mol. The largest absolute Gasteiger partial charge is 0.418 e. The van der Waals surface area contributed by atoms with Crippen molar-refractivity contribution in [3.05, 3.63) is 53.1 Å². The fourth-order valence-electron chi connectivity index (χ4n) is 2.52. The number of para-hydroxylation sites is 1. The van der Waals surface area contributed by atoms with Crippen molar-refractivity contribution >= 4 is 38.4 Å². The van der Waals surface area contributed by atoms with Crippen LogP contribution < -0.4 is 10.6 Å². The Balaban J connectivity index is 1.81. The highest BCUT2D eigenvalue weighted by molar-refractivity contribution is 7.22. The number of benzene rings is 2. The second-order valence-corrected chi connectivity index (χ2v) is 6.57. The number of urea groups is 1. The molecule has 0 bridgehead atoms. The summed E-state index contributed by atoms with van der Waals surface area (Å²) in [6.45, 7) is 3.89. The molecule has 0 atom stereocenters. The third-order valence-corrected chi connectivity index (χ3v) is 4.64. The van der Waals surface area contributed by atoms with Crippen LogP contribution in [0.1, 0.15) is 16.7 Å². The molecular weight excluding hydrogens is 351 g/mol. The number of carbonyl (C=O) groups excluding carboxylic acids is 1. The van der Waals surface area contributed by atoms with Crippen LogP contribution in [0.4, 0.5) is 28.8 Å². The Labute approximate surface area is 145 Å². The Morgan fingerprint density at radius 2 is 1.84 bits per heavy atom. The zero-order chi connectivity index (χ0) is 18.2. The van der Waals surface area contributed by atoms with E-state index in [0.29, 0.717) is 5.13 Å². The molecule has 4 nitrogen and oxygen atoms in total. The van der Waals surface area contributed by atoms with Gasteiger partial charge in [-0.15, -0.1) is 0 Å². The molecule has 2 aromatic carbocycles. The smallest absolute Gasteiger partial charge is 0.307 e. The van der Waals surface area contributed by atoms with Gasteiger partial charge in [-0.3, -0.25) is 5.32 Å². The van der Waals surface area contributed by atoms with Gasteiger partial charge in [0.05, 0.1) is 21.5 Å². The lowest BCUT2D eigenvalue weighted by Crippen LogP contribution is -2.21. The van der Waals surface area contributed by atoms with E-state index in [4.69, 9.17) is 0 Å². The number of alkyl halides is 3. The van der Waals surface area contributed by atoms with E-state index in [1.165, 1.54) is 29.5 Å². The van der Waals surface area contributed by atoms with Crippen molar-refractivity contribution in [2.75, 3.05) is 10.6 Å². The predicted octanol–water partition coefficient (Wildman–Crippen LogP) is 5.58. The van der Waals surface area contributed by atoms with Crippen molar-refractivity contribution in [1.29, 1.82) is 0 Å². The maximum absolute atomic E-state index is 13.0. The van der Waals surface area contributed by atoms with Crippen molar-refractivity contribution in [1.82, 2.24) is 4.98 Å². The maximum Gasteiger partial charge on any atom is 0.418 e. The van der Waals surface area contributed by atoms with Gasteiger partial charge in [0.1, 0.15) is 0 Å². The van der Waals surface area contributed by atoms with E-state index in [1.807, 2.05) is 26.0 Å². The Kier molecular flexibility index (Phi) is 4.38. The number of halogens is 3. The Hall–Kier alpha value is -2.61. The summed E-state index contributed by atoms with van der Waals surface area (Å²) in [5, 5.41) is 5.05. The Morgan fingerprint density at radius 3 is 2.56 bits per heavy atom. The highest BCUT2D eigenvalue weighted by atomic mass is 32.1. The van der Waals surface area contributed by atoms with Gasteiger partial charge in [-0.2, -0.15) is 13.2 Å². The summed E-state index contributed by atoms with van der Waals surface area (Å²) in [5.41, 5.74) is 1.61. The van der Waals surface area contributed by atoms with Crippen LogP contribution in [0.5, 0.6) is 0 Å². The SMILES string of the molecule is Cc1cc(C)c2sc(NC(=O)Nc3ccccc3C(F)(F)F)nc2c1. The molecule has 3 rings (SSSR count). The number of carbonyl (C=O) groups is 1. The van der Waals surface area contributed by atoms with Gasteiger partial charge in [-0.05, 0) is 43.2 Å². The lowest BCUT2D eigenvalue weighted by atomic mass is 10.1. The molecule has 0 aliphatic heterocycles. The lowest BCUT2D eigenvalue weighted by molar-refractivity contribution is -0.136. The first-order valence-corrected chi connectivity index (χ1v) is 8.18. The van der Waals surface area contributed by atoms with E-state index >= 15 is 0 Å². The molecule has 0 unspecified atom stereocenters. The van der Waals surface area contributed by atoms with Gasteiger partial charge in [0.25, 0.3) is 0 Å². The molecule has 3 aromatic rings. The zero-order valence-electron chi connectivity index (χ0n) is 13.4. The van der Waals surface area contributed by atoms with Gasteiger partial charge < -0.3 is 5.32 Å². The summed E-state index contributed by atoms with van der Waals surface area (Å²) in [5.74, 6) is 0. The monoisotopic (exact) mass is 365 g/mol. The van der Waals surface area contributed by atoms with E-state index in [-0.39, 0.29) is 5.69 Å². The number of rotatable bonds is 2. The van der Waals surface area contributed by atoms with E-state index in [0.717, 1.165) is 27.4 Å². The molecule has 25 heavy (non-hydrogen) atoms. The highest BCUT2D eigenvalue weighted by Crippen LogP contribution is 2.35. The van der Waals surface area contributed by atoms with E-state index in [9.17, 15) is 18.0 Å². The van der Waals surface area contributed by atoms with Crippen LogP contribution in [-0.2, 0) is 6.18 Å². The van der Waals surface area contributed by atoms with Gasteiger partial charge in [0, 0.05) is 0 Å². The van der Waals surface area contributed by atoms with Crippen molar-refractivity contribution in [3.8, 4) is 0 Å². The summed E-state index contributed by atoms with van der Waals surface area (Å²) in [6.07, 6.45) is -4.55. The molecule has 0 radical (unpaired) electrons. The Morgan fingerprint density at radius 1 is 1.12 bits per heavy atom. The average molecular weight is 365 g/mol. The lowest BCUT2D eigenvalue weighted by Gasteiger charge is -2.13. The molecule has 130 valence electrons. The summed E-state index contributed by atoms with van der Waals surface area (Å²) < 4.78 is 39.8. The average Bonchev–Trinajstić information content (AvgIpc) is 2.89. The second kappa shape index (κ2) is 6.36. The standard InChI is InChI=1S/C17H14F3N3OS/c1-9-7-10(2)14-13(8-9)22-16(25-14)23-15(24)21-12-6-4-3-5-11(12)17(18,19)20/h3-8H,1-2H3,(H2,21,22,23,24). The van der Waals surface area contributed by atoms with Crippen LogP contribution in [0.15, 0.2) is 36.4 Å². The van der Waals surface area contributed by atoms with Gasteiger partial charge in [-0.25, -0.2) is 9.78 Å². The molecule has 2 N–H and O–H groups in total. The number of fused-ring (bicyclic) bond motifs is 1. The first kappa shape index (κ1) is 17.2. The highest BCUT2D eigenvalue weighted by Gasteiger charge is 2.33. The number of hydrogen-bond donors (Lipinski definition) is 2. The first-order valence-electron chi connectivity index (χ1n) is 7.36. The van der Waals surface area contributed by atoms with Gasteiger partial charge >= 0.3 is 12.2 Å². The van der Waals surface area contributed by atoms with Crippen molar-refractivity contribution in [2.45, 2.75) is 20.0 Å². The van der Waals surface area contributed by atoms with Gasteiger partial charge in [-0.1, -0.05) is 29.5 Å². The minimum absolute atomic E-state index is 0.305. The maximum atomic E-state index is 13.0. The van der Waals surface area contributed by atoms with Crippen molar-refractivity contribution in [2.24, 2.45) is 0 Å². The molecule has 8 heteroatoms. The summed E-state index contributed by atoms with van der Waals surface area (Å²) in [4.78, 5) is 16.4. The van der Waals surface area contributed by atoms with E-state index in [2.05, 4.69) is 15.6 Å². The van der Waals surface area contributed by atoms with Gasteiger partial charge in [0.2, 0.25) is 0 Å². The third kappa shape index (κ3) is 3.74. The number of aromatic nitrogens is 1. The van der Waals surface area contributed by atoms with Crippen LogP contribution >= 0.6 is 11.3 Å². The number of nitrogens with zero attached hydrogens (tertiary/aromatic N) is 1. The van der Waals surface area contributed by atoms with Crippen LogP contribution in [-0.4, -0.2) is 11.0 Å². The van der Waals surface area contributed by atoms with Gasteiger partial charge in [0.15, 0.2) is 5.13 Å². The summed E-state index contributed by atoms with van der Waals surface area (Å²) in [6, 6.07) is 7.93. The normalized spacial score (nSPS) is 11.6. The number of amides is 2. The summed E-state index contributed by atoms with van der Waals surface area (Å²) >= 11 is 1.28. The number of aryl methyl sites for hydroxylation is 2. The minimum Gasteiger partial charge on any atom is -0.307 e. The quantitative estimate of drug-likeness (QED) is 0.623. The third-order valence-electron chi connectivity index (χ3n) is 3.52. The number of nitrogens with one attached hydrogen (secondary N) is 2. The first-order chi connectivity index (χ1) is 11.7. The zero-order valence-corrected chi connectivity index (χ0v) is 14.2. The topological polar surface area (TPSA) is 54.0 Å². The molecule has 0 saturated carbocycles. The Bertz CT molecular complexity index is 950. The van der Waals surface area contributed by atoms with Crippen LogP contribution in [0.3, 0.4) is 0 Å². The molecule has 1 aromatic heterocycles. The van der Waals surface area contributed by atoms with Crippen LogP contribution in [0.2, 0.25) is 0 Å². The van der Waals surface area contributed by atoms with E-state index in [1.54, 1.807) is 0 Å². The van der Waals surface area contributed by atoms with Crippen molar-refractivity contribution < 1.29 is 18.0 Å². The molecule has 0 saturated heterocycles. The number of hydrogen-bond acceptors (Lipinski definition) is 3. The van der Waals surface area contributed by atoms with E-state index < -0.39 is 17.8 Å². The summed E-state index contributed by atoms with van der Waals surface area (Å²) in [7, 11) is 0. The van der Waals surface area contributed by atoms with Crippen LogP contribution in [0.25, 0.3) is 10.2 Å². The molecule has 0 aliphatic carbocycles. The fourth-order valence-corrected chi connectivity index (χ4v) is 3.43. The minimum atomic E-state index is -4.55. The number of thiazole rings is 1. The number of anilines is 2. The molecule has 2 amide bonds. The molecule has 0 fully saturated rings. The fraction of sp³-hybridized carbons (Fsp3) is 0.176. The molecular formula is C17H14F3N3OS. The van der Waals surface area contributed by atoms with Crippen LogP contribution in [0, 0.1) is 13.8 Å². The molecule has 0 aliphatic rings. The molecule has 1 heterocycles. The molecule has 0 spiro atoms. The van der Waals surface area contributed by atoms with Crippen molar-refractivity contribution in [3.63, 3.8) is 0 Å². The second-order valence-electron chi connectivity index (χ2n) is 5.57.